The minimum Gasteiger partial charge on any atom is -0.467 e. The van der Waals surface area contributed by atoms with Crippen LogP contribution in [0.15, 0.2) is 34.9 Å². The smallest absolute Gasteiger partial charge is 0.325 e. The van der Waals surface area contributed by atoms with Crippen LogP contribution in [0, 0.1) is 18.3 Å². The van der Waals surface area contributed by atoms with Crippen LogP contribution in [0.3, 0.4) is 0 Å². The van der Waals surface area contributed by atoms with Gasteiger partial charge >= 0.3 is 6.03 Å². The summed E-state index contributed by atoms with van der Waals surface area (Å²) >= 11 is 1.62. The Morgan fingerprint density at radius 2 is 2.03 bits per heavy atom. The number of amides is 4. The van der Waals surface area contributed by atoms with Crippen molar-refractivity contribution in [1.82, 2.24) is 15.1 Å². The first kappa shape index (κ1) is 22.6. The van der Waals surface area contributed by atoms with E-state index in [0.717, 1.165) is 21.1 Å². The molecule has 0 aromatic carbocycles. The molecule has 1 saturated carbocycles. The summed E-state index contributed by atoms with van der Waals surface area (Å²) in [5, 5.41) is 2.95. The molecular formula is C24H31N3O4S. The van der Waals surface area contributed by atoms with Crippen molar-refractivity contribution >= 4 is 29.2 Å². The van der Waals surface area contributed by atoms with Gasteiger partial charge in [0.05, 0.1) is 19.4 Å². The highest BCUT2D eigenvalue weighted by Gasteiger charge is 2.56. The molecule has 0 bridgehead atoms. The van der Waals surface area contributed by atoms with Gasteiger partial charge in [-0.05, 0) is 61.8 Å². The molecule has 1 aliphatic heterocycles. The Kier molecular flexibility index (Phi) is 5.92. The van der Waals surface area contributed by atoms with Crippen molar-refractivity contribution < 1.29 is 18.8 Å². The number of nitrogens with zero attached hydrogens (tertiary/aromatic N) is 2. The fourth-order valence-corrected chi connectivity index (χ4v) is 6.37. The third-order valence-corrected chi connectivity index (χ3v) is 7.33. The van der Waals surface area contributed by atoms with Crippen molar-refractivity contribution in [2.24, 2.45) is 11.3 Å². The number of carbonyl (C=O) groups excluding carboxylic acids is 3. The van der Waals surface area contributed by atoms with Gasteiger partial charge in [0.1, 0.15) is 17.8 Å². The number of imide groups is 1. The summed E-state index contributed by atoms with van der Waals surface area (Å²) in [6.45, 7) is 8.80. The minimum absolute atomic E-state index is 0.0526. The third-order valence-electron chi connectivity index (χ3n) is 6.34. The van der Waals surface area contributed by atoms with Crippen LogP contribution in [0.2, 0.25) is 0 Å². The van der Waals surface area contributed by atoms with E-state index in [0.29, 0.717) is 31.1 Å². The van der Waals surface area contributed by atoms with Crippen LogP contribution >= 0.6 is 11.3 Å². The number of urea groups is 1. The largest absolute Gasteiger partial charge is 0.467 e. The molecule has 2 aromatic rings. The molecule has 1 saturated heterocycles. The predicted molar refractivity (Wildman–Crippen MR) is 122 cm³/mol. The molecule has 2 aromatic heterocycles. The van der Waals surface area contributed by atoms with E-state index in [-0.39, 0.29) is 30.3 Å². The third kappa shape index (κ3) is 4.60. The first-order valence-electron chi connectivity index (χ1n) is 11.1. The fraction of sp³-hybridized carbons (Fsp3) is 0.542. The van der Waals surface area contributed by atoms with E-state index in [1.165, 1.54) is 0 Å². The quantitative estimate of drug-likeness (QED) is 0.655. The van der Waals surface area contributed by atoms with Crippen molar-refractivity contribution in [3.63, 3.8) is 0 Å². The van der Waals surface area contributed by atoms with Gasteiger partial charge < -0.3 is 14.6 Å². The topological polar surface area (TPSA) is 82.9 Å². The van der Waals surface area contributed by atoms with E-state index in [1.807, 2.05) is 25.1 Å². The molecular weight excluding hydrogens is 426 g/mol. The van der Waals surface area contributed by atoms with Gasteiger partial charge in [0.25, 0.3) is 5.91 Å². The average Bonchev–Trinajstić information content (AvgIpc) is 3.38. The summed E-state index contributed by atoms with van der Waals surface area (Å²) in [6, 6.07) is 7.13. The van der Waals surface area contributed by atoms with Gasteiger partial charge in [-0.15, -0.1) is 11.3 Å². The molecule has 2 unspecified atom stereocenters. The van der Waals surface area contributed by atoms with Crippen molar-refractivity contribution in [3.05, 3.63) is 46.0 Å². The number of nitrogens with one attached hydrogen (secondary N) is 1. The highest BCUT2D eigenvalue weighted by molar-refractivity contribution is 7.11. The van der Waals surface area contributed by atoms with E-state index >= 15 is 0 Å². The number of aryl methyl sites for hydroxylation is 1. The van der Waals surface area contributed by atoms with E-state index in [4.69, 9.17) is 4.42 Å². The molecule has 8 heteroatoms. The molecule has 2 atom stereocenters. The van der Waals surface area contributed by atoms with Gasteiger partial charge in [-0.3, -0.25) is 14.5 Å². The van der Waals surface area contributed by atoms with Gasteiger partial charge in [-0.25, -0.2) is 4.79 Å². The van der Waals surface area contributed by atoms with E-state index in [2.05, 4.69) is 26.1 Å². The molecule has 2 aliphatic rings. The Hall–Kier alpha value is -2.61. The fourth-order valence-electron chi connectivity index (χ4n) is 5.47. The van der Waals surface area contributed by atoms with Gasteiger partial charge in [0.2, 0.25) is 5.91 Å². The summed E-state index contributed by atoms with van der Waals surface area (Å²) in [5.74, 6) is 0.413. The lowest BCUT2D eigenvalue weighted by molar-refractivity contribution is -0.141. The number of furan rings is 1. The van der Waals surface area contributed by atoms with Crippen molar-refractivity contribution in [3.8, 4) is 0 Å². The van der Waals surface area contributed by atoms with Gasteiger partial charge in [0, 0.05) is 9.75 Å². The maximum Gasteiger partial charge on any atom is 0.325 e. The summed E-state index contributed by atoms with van der Waals surface area (Å²) < 4.78 is 5.44. The standard InChI is InChI=1S/C24H31N3O4S/c1-16-10-23(3,4)15-24(11-16)21(29)27(22(30)25-24)14-20(28)26(12-18-6-5-9-31-18)13-19-8-7-17(2)32-19/h5-9,16H,10-15H2,1-4H3,(H,25,30). The second kappa shape index (κ2) is 8.39. The summed E-state index contributed by atoms with van der Waals surface area (Å²) in [7, 11) is 0. The maximum absolute atomic E-state index is 13.4. The van der Waals surface area contributed by atoms with Crippen molar-refractivity contribution in [2.45, 2.75) is 65.6 Å². The zero-order chi connectivity index (χ0) is 23.1. The first-order valence-corrected chi connectivity index (χ1v) is 11.9. The monoisotopic (exact) mass is 457 g/mol. The highest BCUT2D eigenvalue weighted by atomic mass is 32.1. The molecule has 3 heterocycles. The van der Waals surface area contributed by atoms with Crippen LogP contribution in [0.25, 0.3) is 0 Å². The summed E-state index contributed by atoms with van der Waals surface area (Å²) in [5.41, 5.74) is -0.960. The Labute approximate surface area is 192 Å². The van der Waals surface area contributed by atoms with Crippen LogP contribution < -0.4 is 5.32 Å². The molecule has 4 amide bonds. The Morgan fingerprint density at radius 1 is 1.25 bits per heavy atom. The SMILES string of the molecule is Cc1ccc(CN(Cc2ccco2)C(=O)CN2C(=O)NC3(CC(C)CC(C)(C)C3)C2=O)s1. The van der Waals surface area contributed by atoms with E-state index in [1.54, 1.807) is 28.6 Å². The first-order chi connectivity index (χ1) is 15.1. The molecule has 32 heavy (non-hydrogen) atoms. The number of hydrogen-bond donors (Lipinski definition) is 1. The van der Waals surface area contributed by atoms with Gasteiger partial charge in [0.15, 0.2) is 0 Å². The normalized spacial score (nSPS) is 24.8. The maximum atomic E-state index is 13.4. The van der Waals surface area contributed by atoms with E-state index < -0.39 is 11.6 Å². The number of carbonyl (C=O) groups is 3. The summed E-state index contributed by atoms with van der Waals surface area (Å²) in [4.78, 5) is 44.5. The molecule has 2 fully saturated rings. The Morgan fingerprint density at radius 3 is 2.66 bits per heavy atom. The lowest BCUT2D eigenvalue weighted by Gasteiger charge is -2.43. The second-order valence-electron chi connectivity index (χ2n) is 10.1. The summed E-state index contributed by atoms with van der Waals surface area (Å²) in [6.07, 6.45) is 3.77. The lowest BCUT2D eigenvalue weighted by atomic mass is 9.64. The number of thiophene rings is 1. The Balaban J connectivity index is 1.52. The van der Waals surface area contributed by atoms with Gasteiger partial charge in [-0.1, -0.05) is 20.8 Å². The van der Waals surface area contributed by atoms with Crippen LogP contribution in [-0.4, -0.2) is 39.7 Å². The predicted octanol–water partition coefficient (Wildman–Crippen LogP) is 4.32. The lowest BCUT2D eigenvalue weighted by Crippen LogP contribution is -2.54. The number of hydrogen-bond acceptors (Lipinski definition) is 5. The molecule has 172 valence electrons. The highest BCUT2D eigenvalue weighted by Crippen LogP contribution is 2.46. The number of rotatable bonds is 6. The molecule has 1 aliphatic carbocycles. The zero-order valence-corrected chi connectivity index (χ0v) is 20.0. The zero-order valence-electron chi connectivity index (χ0n) is 19.1. The van der Waals surface area contributed by atoms with Crippen molar-refractivity contribution in [1.29, 1.82) is 0 Å². The average molecular weight is 458 g/mol. The van der Waals surface area contributed by atoms with Crippen LogP contribution in [0.1, 0.15) is 55.5 Å². The van der Waals surface area contributed by atoms with Gasteiger partial charge in [-0.2, -0.15) is 0 Å². The molecule has 1 spiro atoms. The minimum atomic E-state index is -0.908. The van der Waals surface area contributed by atoms with Crippen LogP contribution in [0.4, 0.5) is 4.79 Å². The van der Waals surface area contributed by atoms with Crippen LogP contribution in [0.5, 0.6) is 0 Å². The van der Waals surface area contributed by atoms with Crippen molar-refractivity contribution in [2.75, 3.05) is 6.54 Å². The molecule has 1 N–H and O–H groups in total. The molecule has 4 rings (SSSR count). The molecule has 0 radical (unpaired) electrons. The molecule has 7 nitrogen and oxygen atoms in total. The van der Waals surface area contributed by atoms with Crippen LogP contribution in [-0.2, 0) is 22.7 Å². The second-order valence-corrected chi connectivity index (χ2v) is 11.5. The Bertz CT molecular complexity index is 1010. The van der Waals surface area contributed by atoms with E-state index in [9.17, 15) is 14.4 Å².